The number of amides is 1. The highest BCUT2D eigenvalue weighted by molar-refractivity contribution is 7.89. The molecule has 0 aromatic heterocycles. The second-order valence-electron chi connectivity index (χ2n) is 6.05. The van der Waals surface area contributed by atoms with Crippen LogP contribution < -0.4 is 10.0 Å². The van der Waals surface area contributed by atoms with Gasteiger partial charge in [0.1, 0.15) is 0 Å². The summed E-state index contributed by atoms with van der Waals surface area (Å²) in [6.07, 6.45) is 1.67. The molecule has 25 heavy (non-hydrogen) atoms. The number of halogens is 1. The number of anilines is 1. The van der Waals surface area contributed by atoms with Gasteiger partial charge in [-0.15, -0.1) is 0 Å². The van der Waals surface area contributed by atoms with E-state index in [1.165, 1.54) is 6.07 Å². The van der Waals surface area contributed by atoms with Crippen molar-refractivity contribution in [1.29, 1.82) is 0 Å². The minimum absolute atomic E-state index is 0.158. The summed E-state index contributed by atoms with van der Waals surface area (Å²) in [5.41, 5.74) is 2.48. The van der Waals surface area contributed by atoms with Gasteiger partial charge in [-0.25, -0.2) is 13.1 Å². The number of nitrogens with one attached hydrogen (secondary N) is 2. The number of fused-ring (bicyclic) bond motifs is 1. The van der Waals surface area contributed by atoms with Crippen LogP contribution in [0.1, 0.15) is 25.0 Å². The van der Waals surface area contributed by atoms with Gasteiger partial charge in [-0.1, -0.05) is 29.8 Å². The van der Waals surface area contributed by atoms with Crippen LogP contribution in [-0.4, -0.2) is 20.4 Å². The maximum atomic E-state index is 12.3. The van der Waals surface area contributed by atoms with E-state index in [1.807, 2.05) is 0 Å². The van der Waals surface area contributed by atoms with Gasteiger partial charge in [0, 0.05) is 22.2 Å². The van der Waals surface area contributed by atoms with Crippen molar-refractivity contribution < 1.29 is 13.2 Å². The Morgan fingerprint density at radius 1 is 1.16 bits per heavy atom. The van der Waals surface area contributed by atoms with Crippen LogP contribution in [0.4, 0.5) is 5.69 Å². The quantitative estimate of drug-likeness (QED) is 0.801. The Bertz CT molecular complexity index is 982. The lowest BCUT2D eigenvalue weighted by molar-refractivity contribution is -0.110. The normalized spacial score (nSPS) is 15.5. The molecule has 1 aliphatic rings. The molecule has 5 nitrogen and oxygen atoms in total. The van der Waals surface area contributed by atoms with Crippen LogP contribution in [0.5, 0.6) is 0 Å². The molecule has 1 amide bonds. The highest BCUT2D eigenvalue weighted by Gasteiger charge is 2.24. The standard InChI is InChI=1S/C18H17ClN2O3S/c1-11(2)21-25(23,24)14-5-3-4-12(8-14)9-16-15-7-6-13(19)10-17(15)20-18(16)22/h3-11,21H,1-2H3,(H,20,22)/b16-9+. The molecule has 0 saturated carbocycles. The zero-order chi connectivity index (χ0) is 18.2. The van der Waals surface area contributed by atoms with Crippen molar-refractivity contribution in [3.63, 3.8) is 0 Å². The molecule has 7 heteroatoms. The Kier molecular flexibility index (Phi) is 4.69. The zero-order valence-corrected chi connectivity index (χ0v) is 15.3. The van der Waals surface area contributed by atoms with E-state index in [2.05, 4.69) is 10.0 Å². The van der Waals surface area contributed by atoms with Gasteiger partial charge in [-0.05, 0) is 49.8 Å². The molecule has 2 N–H and O–H groups in total. The first-order valence-electron chi connectivity index (χ1n) is 7.71. The number of carbonyl (C=O) groups is 1. The third-order valence-corrected chi connectivity index (χ3v) is 5.53. The number of sulfonamides is 1. The average molecular weight is 377 g/mol. The third kappa shape index (κ3) is 3.76. The number of carbonyl (C=O) groups excluding carboxylic acids is 1. The molecule has 1 heterocycles. The molecule has 0 bridgehead atoms. The van der Waals surface area contributed by atoms with Crippen molar-refractivity contribution in [2.45, 2.75) is 24.8 Å². The Morgan fingerprint density at radius 2 is 1.92 bits per heavy atom. The Morgan fingerprint density at radius 3 is 2.64 bits per heavy atom. The summed E-state index contributed by atoms with van der Waals surface area (Å²) in [7, 11) is -3.59. The molecule has 0 fully saturated rings. The summed E-state index contributed by atoms with van der Waals surface area (Å²) >= 11 is 5.95. The summed E-state index contributed by atoms with van der Waals surface area (Å²) in [6.45, 7) is 3.52. The number of benzene rings is 2. The predicted octanol–water partition coefficient (Wildman–Crippen LogP) is 3.52. The van der Waals surface area contributed by atoms with E-state index in [4.69, 9.17) is 11.6 Å². The van der Waals surface area contributed by atoms with E-state index >= 15 is 0 Å². The lowest BCUT2D eigenvalue weighted by Gasteiger charge is -2.10. The minimum atomic E-state index is -3.59. The number of rotatable bonds is 4. The maximum Gasteiger partial charge on any atom is 0.256 e. The van der Waals surface area contributed by atoms with Gasteiger partial charge >= 0.3 is 0 Å². The van der Waals surface area contributed by atoms with Gasteiger partial charge in [0.25, 0.3) is 5.91 Å². The van der Waals surface area contributed by atoms with Gasteiger partial charge in [-0.3, -0.25) is 4.79 Å². The van der Waals surface area contributed by atoms with Crippen molar-refractivity contribution in [2.75, 3.05) is 5.32 Å². The van der Waals surface area contributed by atoms with E-state index in [-0.39, 0.29) is 16.8 Å². The SMILES string of the molecule is CC(C)NS(=O)(=O)c1cccc(/C=C2/C(=O)Nc3cc(Cl)ccc32)c1. The third-order valence-electron chi connectivity index (χ3n) is 3.63. The van der Waals surface area contributed by atoms with E-state index < -0.39 is 10.0 Å². The van der Waals surface area contributed by atoms with E-state index in [0.717, 1.165) is 5.56 Å². The van der Waals surface area contributed by atoms with Crippen molar-refractivity contribution in [3.8, 4) is 0 Å². The first-order chi connectivity index (χ1) is 11.8. The summed E-state index contributed by atoms with van der Waals surface area (Å²) < 4.78 is 27.2. The summed E-state index contributed by atoms with van der Waals surface area (Å²) in [6, 6.07) is 11.4. The van der Waals surface area contributed by atoms with Crippen molar-refractivity contribution >= 4 is 44.9 Å². The van der Waals surface area contributed by atoms with Crippen molar-refractivity contribution in [1.82, 2.24) is 4.72 Å². The van der Waals surface area contributed by atoms with Gasteiger partial charge < -0.3 is 5.32 Å². The molecule has 0 saturated heterocycles. The van der Waals surface area contributed by atoms with Gasteiger partial charge in [0.05, 0.1) is 10.6 Å². The summed E-state index contributed by atoms with van der Waals surface area (Å²) in [5, 5.41) is 3.29. The van der Waals surface area contributed by atoms with Crippen LogP contribution in [0.25, 0.3) is 11.6 Å². The summed E-state index contributed by atoms with van der Waals surface area (Å²) in [4.78, 5) is 12.4. The Hall–Kier alpha value is -2.15. The fourth-order valence-corrected chi connectivity index (χ4v) is 4.10. The zero-order valence-electron chi connectivity index (χ0n) is 13.7. The second-order valence-corrected chi connectivity index (χ2v) is 8.20. The molecule has 0 aliphatic carbocycles. The predicted molar refractivity (Wildman–Crippen MR) is 99.9 cm³/mol. The first kappa shape index (κ1) is 17.7. The van der Waals surface area contributed by atoms with Crippen molar-refractivity contribution in [2.24, 2.45) is 0 Å². The molecular formula is C18H17ClN2O3S. The molecule has 1 aliphatic heterocycles. The highest BCUT2D eigenvalue weighted by atomic mass is 35.5. The minimum Gasteiger partial charge on any atom is -0.321 e. The Balaban J connectivity index is 2.01. The van der Waals surface area contributed by atoms with Gasteiger partial charge in [-0.2, -0.15) is 0 Å². The van der Waals surface area contributed by atoms with E-state index in [1.54, 1.807) is 56.3 Å². The topological polar surface area (TPSA) is 75.3 Å². The molecule has 2 aromatic carbocycles. The largest absolute Gasteiger partial charge is 0.321 e. The molecule has 130 valence electrons. The molecule has 3 rings (SSSR count). The van der Waals surface area contributed by atoms with E-state index in [0.29, 0.717) is 21.8 Å². The smallest absolute Gasteiger partial charge is 0.256 e. The van der Waals surface area contributed by atoms with Gasteiger partial charge in [0.2, 0.25) is 10.0 Å². The van der Waals surface area contributed by atoms with Crippen molar-refractivity contribution in [3.05, 3.63) is 58.6 Å². The maximum absolute atomic E-state index is 12.3. The monoisotopic (exact) mass is 376 g/mol. The fraction of sp³-hybridized carbons (Fsp3) is 0.167. The number of hydrogen-bond acceptors (Lipinski definition) is 3. The summed E-state index contributed by atoms with van der Waals surface area (Å²) in [5.74, 6) is -0.245. The van der Waals surface area contributed by atoms with Crippen LogP contribution in [-0.2, 0) is 14.8 Å². The molecule has 0 radical (unpaired) electrons. The van der Waals surface area contributed by atoms with Crippen LogP contribution in [0.2, 0.25) is 5.02 Å². The molecular weight excluding hydrogens is 360 g/mol. The molecule has 2 aromatic rings. The molecule has 0 atom stereocenters. The van der Waals surface area contributed by atoms with E-state index in [9.17, 15) is 13.2 Å². The van der Waals surface area contributed by atoms with Crippen LogP contribution in [0, 0.1) is 0 Å². The second kappa shape index (κ2) is 6.63. The molecule has 0 unspecified atom stereocenters. The Labute approximate surface area is 151 Å². The number of hydrogen-bond donors (Lipinski definition) is 2. The average Bonchev–Trinajstić information content (AvgIpc) is 2.81. The molecule has 0 spiro atoms. The first-order valence-corrected chi connectivity index (χ1v) is 9.58. The van der Waals surface area contributed by atoms with Crippen LogP contribution >= 0.6 is 11.6 Å². The fourth-order valence-electron chi connectivity index (χ4n) is 2.63. The lowest BCUT2D eigenvalue weighted by Crippen LogP contribution is -2.30. The van der Waals surface area contributed by atoms with Crippen LogP contribution in [0.15, 0.2) is 47.4 Å². The van der Waals surface area contributed by atoms with Crippen LogP contribution in [0.3, 0.4) is 0 Å². The lowest BCUT2D eigenvalue weighted by atomic mass is 10.0. The highest BCUT2D eigenvalue weighted by Crippen LogP contribution is 2.35. The van der Waals surface area contributed by atoms with Gasteiger partial charge in [0.15, 0.2) is 0 Å².